The number of anilines is 1. The van der Waals surface area contributed by atoms with E-state index in [4.69, 9.17) is 9.97 Å². The maximum Gasteiger partial charge on any atom is 0.134 e. The third-order valence-corrected chi connectivity index (χ3v) is 4.69. The van der Waals surface area contributed by atoms with Gasteiger partial charge in [0.15, 0.2) is 0 Å². The molecule has 19 heavy (non-hydrogen) atoms. The largest absolute Gasteiger partial charge is 0.370 e. The molecule has 0 spiro atoms. The number of nitrogens with zero attached hydrogens (tertiary/aromatic N) is 3. The number of hydrogen-bond acceptors (Lipinski definition) is 4. The van der Waals surface area contributed by atoms with E-state index in [1.165, 1.54) is 25.7 Å². The van der Waals surface area contributed by atoms with Gasteiger partial charge < -0.3 is 10.2 Å². The smallest absolute Gasteiger partial charge is 0.134 e. The Morgan fingerprint density at radius 2 is 1.95 bits per heavy atom. The number of fused-ring (bicyclic) bond motifs is 2. The van der Waals surface area contributed by atoms with Crippen molar-refractivity contribution < 1.29 is 0 Å². The van der Waals surface area contributed by atoms with E-state index in [1.807, 2.05) is 6.07 Å². The van der Waals surface area contributed by atoms with Crippen LogP contribution in [0.2, 0.25) is 0 Å². The van der Waals surface area contributed by atoms with Gasteiger partial charge in [0.05, 0.1) is 0 Å². The van der Waals surface area contributed by atoms with E-state index in [-0.39, 0.29) is 0 Å². The molecule has 0 aliphatic carbocycles. The molecule has 0 aromatic carbocycles. The van der Waals surface area contributed by atoms with E-state index in [1.54, 1.807) is 0 Å². The zero-order valence-corrected chi connectivity index (χ0v) is 12.2. The Morgan fingerprint density at radius 3 is 2.58 bits per heavy atom. The minimum atomic E-state index is 0.547. The second-order valence-electron chi connectivity index (χ2n) is 6.00. The molecule has 2 saturated heterocycles. The normalized spacial score (nSPS) is 30.6. The molecule has 1 aromatic rings. The minimum Gasteiger partial charge on any atom is -0.370 e. The molecule has 0 saturated carbocycles. The van der Waals surface area contributed by atoms with Crippen molar-refractivity contribution in [1.82, 2.24) is 14.9 Å². The molecule has 104 valence electrons. The fourth-order valence-electron chi connectivity index (χ4n) is 3.67. The second kappa shape index (κ2) is 5.08. The van der Waals surface area contributed by atoms with Gasteiger partial charge in [0, 0.05) is 36.3 Å². The first-order valence-corrected chi connectivity index (χ1v) is 7.48. The molecule has 2 fully saturated rings. The van der Waals surface area contributed by atoms with E-state index in [0.29, 0.717) is 5.92 Å². The lowest BCUT2D eigenvalue weighted by Gasteiger charge is -2.35. The number of nitrogens with one attached hydrogen (secondary N) is 1. The summed E-state index contributed by atoms with van der Waals surface area (Å²) in [4.78, 5) is 12.0. The number of aromatic nitrogens is 2. The molecule has 2 unspecified atom stereocenters. The SMILES string of the molecule is CCNc1cc(C)nc(C2CC3CCC(C2)N3C)n1. The van der Waals surface area contributed by atoms with Crippen LogP contribution in [0, 0.1) is 6.92 Å². The quantitative estimate of drug-likeness (QED) is 0.907. The Kier molecular flexibility index (Phi) is 3.44. The average molecular weight is 260 g/mol. The van der Waals surface area contributed by atoms with Crippen LogP contribution in [0.5, 0.6) is 0 Å². The third kappa shape index (κ3) is 2.46. The highest BCUT2D eigenvalue weighted by molar-refractivity contribution is 5.36. The molecule has 1 N–H and O–H groups in total. The van der Waals surface area contributed by atoms with Crippen molar-refractivity contribution in [2.24, 2.45) is 0 Å². The Labute approximate surface area is 115 Å². The van der Waals surface area contributed by atoms with Crippen LogP contribution in [0.15, 0.2) is 6.07 Å². The van der Waals surface area contributed by atoms with Crippen molar-refractivity contribution in [3.05, 3.63) is 17.6 Å². The highest BCUT2D eigenvalue weighted by Crippen LogP contribution is 2.41. The number of hydrogen-bond donors (Lipinski definition) is 1. The Hall–Kier alpha value is -1.16. The summed E-state index contributed by atoms with van der Waals surface area (Å²) in [6.45, 7) is 5.08. The van der Waals surface area contributed by atoms with Gasteiger partial charge in [-0.1, -0.05) is 0 Å². The molecule has 1 aromatic heterocycles. The molecule has 2 aliphatic rings. The van der Waals surface area contributed by atoms with Crippen LogP contribution in [0.1, 0.15) is 50.0 Å². The van der Waals surface area contributed by atoms with E-state index in [0.717, 1.165) is 36.0 Å². The van der Waals surface area contributed by atoms with Crippen molar-refractivity contribution in [3.8, 4) is 0 Å². The highest BCUT2D eigenvalue weighted by atomic mass is 15.2. The first-order chi connectivity index (χ1) is 9.17. The zero-order valence-electron chi connectivity index (χ0n) is 12.2. The van der Waals surface area contributed by atoms with Gasteiger partial charge >= 0.3 is 0 Å². The summed E-state index contributed by atoms with van der Waals surface area (Å²) in [7, 11) is 2.28. The summed E-state index contributed by atoms with van der Waals surface area (Å²) in [6.07, 6.45) is 5.15. The third-order valence-electron chi connectivity index (χ3n) is 4.69. The van der Waals surface area contributed by atoms with Crippen LogP contribution in [0.3, 0.4) is 0 Å². The Balaban J connectivity index is 1.82. The monoisotopic (exact) mass is 260 g/mol. The average Bonchev–Trinajstić information content (AvgIpc) is 2.62. The zero-order chi connectivity index (χ0) is 13.4. The topological polar surface area (TPSA) is 41.1 Å². The van der Waals surface area contributed by atoms with Crippen LogP contribution in [0.4, 0.5) is 5.82 Å². The molecule has 3 heterocycles. The lowest BCUT2D eigenvalue weighted by Crippen LogP contribution is -2.39. The predicted octanol–water partition coefficient (Wildman–Crippen LogP) is 2.56. The van der Waals surface area contributed by atoms with Gasteiger partial charge in [-0.05, 0) is 46.6 Å². The standard InChI is InChI=1S/C15H24N4/c1-4-16-14-7-10(2)17-15(18-14)11-8-12-5-6-13(9-11)19(12)3/h7,11-13H,4-6,8-9H2,1-3H3,(H,16,17,18). The van der Waals surface area contributed by atoms with Crippen molar-refractivity contribution in [2.45, 2.75) is 57.5 Å². The van der Waals surface area contributed by atoms with Crippen molar-refractivity contribution >= 4 is 5.82 Å². The molecule has 0 radical (unpaired) electrons. The maximum atomic E-state index is 4.73. The second-order valence-corrected chi connectivity index (χ2v) is 6.00. The minimum absolute atomic E-state index is 0.547. The van der Waals surface area contributed by atoms with E-state index in [2.05, 4.69) is 31.1 Å². The summed E-state index contributed by atoms with van der Waals surface area (Å²) >= 11 is 0. The lowest BCUT2D eigenvalue weighted by molar-refractivity contribution is 0.159. The van der Waals surface area contributed by atoms with E-state index >= 15 is 0 Å². The first-order valence-electron chi connectivity index (χ1n) is 7.48. The van der Waals surface area contributed by atoms with Crippen LogP contribution in [0.25, 0.3) is 0 Å². The fraction of sp³-hybridized carbons (Fsp3) is 0.733. The number of rotatable bonds is 3. The highest BCUT2D eigenvalue weighted by Gasteiger charge is 2.39. The van der Waals surface area contributed by atoms with Gasteiger partial charge in [-0.3, -0.25) is 0 Å². The molecule has 3 rings (SSSR count). The van der Waals surface area contributed by atoms with E-state index in [9.17, 15) is 0 Å². The molecule has 4 heteroatoms. The molecule has 2 aliphatic heterocycles. The predicted molar refractivity (Wildman–Crippen MR) is 77.5 cm³/mol. The van der Waals surface area contributed by atoms with Crippen LogP contribution < -0.4 is 5.32 Å². The molecular weight excluding hydrogens is 236 g/mol. The Morgan fingerprint density at radius 1 is 1.26 bits per heavy atom. The van der Waals surface area contributed by atoms with Crippen LogP contribution >= 0.6 is 0 Å². The van der Waals surface area contributed by atoms with Gasteiger partial charge in [0.2, 0.25) is 0 Å². The summed E-state index contributed by atoms with van der Waals surface area (Å²) < 4.78 is 0. The van der Waals surface area contributed by atoms with Gasteiger partial charge in [0.1, 0.15) is 11.6 Å². The molecule has 2 bridgehead atoms. The van der Waals surface area contributed by atoms with Crippen molar-refractivity contribution in [2.75, 3.05) is 18.9 Å². The first kappa shape index (κ1) is 12.9. The van der Waals surface area contributed by atoms with Crippen molar-refractivity contribution in [3.63, 3.8) is 0 Å². The van der Waals surface area contributed by atoms with Gasteiger partial charge in [0.25, 0.3) is 0 Å². The van der Waals surface area contributed by atoms with Crippen molar-refractivity contribution in [1.29, 1.82) is 0 Å². The molecule has 2 atom stereocenters. The summed E-state index contributed by atoms with van der Waals surface area (Å²) in [5, 5.41) is 3.31. The molecular formula is C15H24N4. The van der Waals surface area contributed by atoms with Gasteiger partial charge in [-0.15, -0.1) is 0 Å². The lowest BCUT2D eigenvalue weighted by atomic mass is 9.90. The summed E-state index contributed by atoms with van der Waals surface area (Å²) in [6, 6.07) is 3.53. The fourth-order valence-corrected chi connectivity index (χ4v) is 3.67. The number of piperidine rings is 1. The van der Waals surface area contributed by atoms with E-state index < -0.39 is 0 Å². The maximum absolute atomic E-state index is 4.73. The Bertz CT molecular complexity index is 445. The summed E-state index contributed by atoms with van der Waals surface area (Å²) in [5.74, 6) is 2.59. The van der Waals surface area contributed by atoms with Gasteiger partial charge in [-0.25, -0.2) is 9.97 Å². The van der Waals surface area contributed by atoms with Crippen LogP contribution in [-0.4, -0.2) is 40.5 Å². The van der Waals surface area contributed by atoms with Crippen LogP contribution in [-0.2, 0) is 0 Å². The number of aryl methyl sites for hydroxylation is 1. The van der Waals surface area contributed by atoms with Gasteiger partial charge in [-0.2, -0.15) is 0 Å². The molecule has 4 nitrogen and oxygen atoms in total. The summed E-state index contributed by atoms with van der Waals surface area (Å²) in [5.41, 5.74) is 1.08. The molecule has 0 amide bonds.